The summed E-state index contributed by atoms with van der Waals surface area (Å²) in [5.74, 6) is -1.24. The molecule has 0 saturated carbocycles. The zero-order chi connectivity index (χ0) is 13.1. The van der Waals surface area contributed by atoms with Crippen LogP contribution in [0, 0.1) is 5.82 Å². The average molecular weight is 285 g/mol. The predicted molar refractivity (Wildman–Crippen MR) is 68.6 cm³/mol. The van der Waals surface area contributed by atoms with E-state index in [9.17, 15) is 9.18 Å². The van der Waals surface area contributed by atoms with E-state index < -0.39 is 11.7 Å². The molecule has 18 heavy (non-hydrogen) atoms. The van der Waals surface area contributed by atoms with Crippen molar-refractivity contribution in [1.29, 1.82) is 0 Å². The van der Waals surface area contributed by atoms with Crippen LogP contribution in [0.15, 0.2) is 36.5 Å². The van der Waals surface area contributed by atoms with Crippen LogP contribution >= 0.6 is 23.2 Å². The van der Waals surface area contributed by atoms with E-state index >= 15 is 0 Å². The Kier molecular flexibility index (Phi) is 3.79. The maximum absolute atomic E-state index is 13.6. The molecule has 0 unspecified atom stereocenters. The van der Waals surface area contributed by atoms with Crippen LogP contribution in [0.3, 0.4) is 0 Å². The number of halogens is 3. The van der Waals surface area contributed by atoms with Gasteiger partial charge in [0.2, 0.25) is 0 Å². The molecule has 0 bridgehead atoms. The fourth-order valence-corrected chi connectivity index (χ4v) is 1.65. The lowest BCUT2D eigenvalue weighted by molar-refractivity contribution is 0.102. The van der Waals surface area contributed by atoms with Crippen LogP contribution in [0.4, 0.5) is 10.1 Å². The fraction of sp³-hybridized carbons (Fsp3) is 0. The summed E-state index contributed by atoms with van der Waals surface area (Å²) in [6.45, 7) is 0. The highest BCUT2D eigenvalue weighted by molar-refractivity contribution is 6.31. The van der Waals surface area contributed by atoms with Crippen LogP contribution in [0.2, 0.25) is 10.0 Å². The molecule has 0 aliphatic heterocycles. The van der Waals surface area contributed by atoms with Crippen LogP contribution in [-0.4, -0.2) is 10.9 Å². The maximum atomic E-state index is 13.6. The molecule has 2 aromatic rings. The van der Waals surface area contributed by atoms with Crippen molar-refractivity contribution < 1.29 is 9.18 Å². The Balaban J connectivity index is 2.24. The van der Waals surface area contributed by atoms with E-state index in [-0.39, 0.29) is 16.4 Å². The number of anilines is 1. The molecule has 0 aliphatic carbocycles. The molecular weight excluding hydrogens is 278 g/mol. The van der Waals surface area contributed by atoms with E-state index in [1.807, 2.05) is 0 Å². The number of aromatic nitrogens is 1. The van der Waals surface area contributed by atoms with Gasteiger partial charge in [-0.25, -0.2) is 4.39 Å². The summed E-state index contributed by atoms with van der Waals surface area (Å²) in [5.41, 5.74) is 0.0937. The second kappa shape index (κ2) is 5.33. The van der Waals surface area contributed by atoms with Crippen molar-refractivity contribution in [3.63, 3.8) is 0 Å². The molecule has 1 amide bonds. The molecule has 6 heteroatoms. The summed E-state index contributed by atoms with van der Waals surface area (Å²) in [6.07, 6.45) is 1.39. The molecule has 0 aliphatic rings. The minimum absolute atomic E-state index is 0.00530. The molecule has 3 nitrogen and oxygen atoms in total. The van der Waals surface area contributed by atoms with Gasteiger partial charge in [-0.1, -0.05) is 29.3 Å². The first-order valence-corrected chi connectivity index (χ1v) is 5.70. The first-order chi connectivity index (χ1) is 8.58. The van der Waals surface area contributed by atoms with Gasteiger partial charge in [0.25, 0.3) is 5.91 Å². The van der Waals surface area contributed by atoms with Crippen LogP contribution in [0.25, 0.3) is 0 Å². The largest absolute Gasteiger partial charge is 0.318 e. The highest BCUT2D eigenvalue weighted by Gasteiger charge is 2.12. The van der Waals surface area contributed by atoms with Gasteiger partial charge in [0, 0.05) is 11.2 Å². The van der Waals surface area contributed by atoms with E-state index in [0.717, 1.165) is 0 Å². The van der Waals surface area contributed by atoms with Gasteiger partial charge in [0.15, 0.2) is 5.82 Å². The minimum atomic E-state index is -0.686. The van der Waals surface area contributed by atoms with Gasteiger partial charge in [-0.15, -0.1) is 0 Å². The first kappa shape index (κ1) is 12.8. The SMILES string of the molecule is O=C(Nc1cccc(Cl)c1F)c1cc(Cl)ccn1. The van der Waals surface area contributed by atoms with Crippen molar-refractivity contribution in [2.75, 3.05) is 5.32 Å². The second-order valence-corrected chi connectivity index (χ2v) is 4.26. The van der Waals surface area contributed by atoms with Crippen molar-refractivity contribution in [1.82, 2.24) is 4.98 Å². The van der Waals surface area contributed by atoms with Crippen molar-refractivity contribution >= 4 is 34.8 Å². The Bertz CT molecular complexity index is 604. The van der Waals surface area contributed by atoms with Crippen molar-refractivity contribution in [3.8, 4) is 0 Å². The lowest BCUT2D eigenvalue weighted by Crippen LogP contribution is -2.14. The number of amides is 1. The van der Waals surface area contributed by atoms with Gasteiger partial charge >= 0.3 is 0 Å². The number of hydrogen-bond donors (Lipinski definition) is 1. The summed E-state index contributed by atoms with van der Waals surface area (Å²) < 4.78 is 13.6. The zero-order valence-corrected chi connectivity index (χ0v) is 10.5. The Morgan fingerprint density at radius 1 is 1.28 bits per heavy atom. The van der Waals surface area contributed by atoms with Gasteiger partial charge in [0.1, 0.15) is 5.69 Å². The lowest BCUT2D eigenvalue weighted by Gasteiger charge is -2.06. The lowest BCUT2D eigenvalue weighted by atomic mass is 10.3. The molecule has 92 valence electrons. The summed E-state index contributed by atoms with van der Waals surface area (Å²) in [4.78, 5) is 15.6. The minimum Gasteiger partial charge on any atom is -0.318 e. The monoisotopic (exact) mass is 284 g/mol. The third-order valence-corrected chi connectivity index (χ3v) is 2.68. The standard InChI is InChI=1S/C12H7Cl2FN2O/c13-7-4-5-16-10(6-7)12(18)17-9-3-1-2-8(14)11(9)15/h1-6H,(H,17,18). The molecule has 1 heterocycles. The quantitative estimate of drug-likeness (QED) is 0.912. The molecule has 2 rings (SSSR count). The second-order valence-electron chi connectivity index (χ2n) is 3.41. The predicted octanol–water partition coefficient (Wildman–Crippen LogP) is 3.78. The van der Waals surface area contributed by atoms with E-state index in [0.29, 0.717) is 5.02 Å². The topological polar surface area (TPSA) is 42.0 Å². The van der Waals surface area contributed by atoms with Crippen LogP contribution in [0.5, 0.6) is 0 Å². The third kappa shape index (κ3) is 2.78. The Labute approximate surface area is 113 Å². The van der Waals surface area contributed by atoms with Gasteiger partial charge in [-0.05, 0) is 24.3 Å². The maximum Gasteiger partial charge on any atom is 0.274 e. The first-order valence-electron chi connectivity index (χ1n) is 4.95. The number of carbonyl (C=O) groups excluding carboxylic acids is 1. The molecule has 1 aromatic carbocycles. The molecule has 0 atom stereocenters. The smallest absolute Gasteiger partial charge is 0.274 e. The molecule has 0 radical (unpaired) electrons. The Morgan fingerprint density at radius 2 is 2.06 bits per heavy atom. The van der Waals surface area contributed by atoms with E-state index in [2.05, 4.69) is 10.3 Å². The van der Waals surface area contributed by atoms with Crippen LogP contribution < -0.4 is 5.32 Å². The van der Waals surface area contributed by atoms with Crippen molar-refractivity contribution in [2.45, 2.75) is 0 Å². The fourth-order valence-electron chi connectivity index (χ4n) is 1.32. The van der Waals surface area contributed by atoms with Crippen LogP contribution in [0.1, 0.15) is 10.5 Å². The van der Waals surface area contributed by atoms with Gasteiger partial charge in [0.05, 0.1) is 10.7 Å². The number of benzene rings is 1. The van der Waals surface area contributed by atoms with E-state index in [1.165, 1.54) is 36.5 Å². The molecule has 1 N–H and O–H groups in total. The normalized spacial score (nSPS) is 10.2. The number of nitrogens with one attached hydrogen (secondary N) is 1. The third-order valence-electron chi connectivity index (χ3n) is 2.15. The highest BCUT2D eigenvalue weighted by Crippen LogP contribution is 2.22. The van der Waals surface area contributed by atoms with Gasteiger partial charge in [-0.2, -0.15) is 0 Å². The number of rotatable bonds is 2. The number of pyridine rings is 1. The number of nitrogens with zero attached hydrogens (tertiary/aromatic N) is 1. The van der Waals surface area contributed by atoms with Crippen molar-refractivity contribution in [3.05, 3.63) is 58.1 Å². The average Bonchev–Trinajstić information content (AvgIpc) is 2.35. The highest BCUT2D eigenvalue weighted by atomic mass is 35.5. The Hall–Kier alpha value is -1.65. The molecule has 0 saturated heterocycles. The molecule has 1 aromatic heterocycles. The van der Waals surface area contributed by atoms with E-state index in [4.69, 9.17) is 23.2 Å². The molecular formula is C12H7Cl2FN2O. The van der Waals surface area contributed by atoms with E-state index in [1.54, 1.807) is 0 Å². The van der Waals surface area contributed by atoms with Gasteiger partial charge < -0.3 is 5.32 Å². The summed E-state index contributed by atoms with van der Waals surface area (Å²) in [6, 6.07) is 7.26. The Morgan fingerprint density at radius 3 is 2.78 bits per heavy atom. The number of carbonyl (C=O) groups is 1. The molecule has 0 spiro atoms. The zero-order valence-electron chi connectivity index (χ0n) is 8.95. The summed E-state index contributed by atoms with van der Waals surface area (Å²) in [7, 11) is 0. The summed E-state index contributed by atoms with van der Waals surface area (Å²) >= 11 is 11.3. The summed E-state index contributed by atoms with van der Waals surface area (Å²) in [5, 5.41) is 2.69. The van der Waals surface area contributed by atoms with Crippen molar-refractivity contribution in [2.24, 2.45) is 0 Å². The molecule has 0 fully saturated rings. The van der Waals surface area contributed by atoms with Gasteiger partial charge in [-0.3, -0.25) is 9.78 Å². The van der Waals surface area contributed by atoms with Crippen LogP contribution in [-0.2, 0) is 0 Å². The number of hydrogen-bond acceptors (Lipinski definition) is 2.